The quantitative estimate of drug-likeness (QED) is 0.510. The van der Waals surface area contributed by atoms with Gasteiger partial charge in [-0.15, -0.1) is 0 Å². The number of carbonyl (C=O) groups is 1. The number of amides is 1. The third-order valence-electron chi connectivity index (χ3n) is 4.78. The lowest BCUT2D eigenvalue weighted by Gasteiger charge is -2.26. The van der Waals surface area contributed by atoms with E-state index in [-0.39, 0.29) is 20.6 Å². The zero-order valence-corrected chi connectivity index (χ0v) is 18.1. The number of nitrogens with zero attached hydrogens (tertiary/aromatic N) is 2. The predicted octanol–water partition coefficient (Wildman–Crippen LogP) is 4.09. The molecule has 154 valence electrons. The van der Waals surface area contributed by atoms with E-state index in [1.54, 1.807) is 19.1 Å². The van der Waals surface area contributed by atoms with Crippen LogP contribution in [0.3, 0.4) is 0 Å². The second-order valence-corrected chi connectivity index (χ2v) is 9.58. The Bertz CT molecular complexity index is 1070. The molecule has 1 N–H and O–H groups in total. The summed E-state index contributed by atoms with van der Waals surface area (Å²) in [7, 11) is -3.65. The fourth-order valence-corrected chi connectivity index (χ4v) is 5.36. The fourth-order valence-electron chi connectivity index (χ4n) is 3.20. The molecule has 1 aliphatic heterocycles. The number of hydrogen-bond acceptors (Lipinski definition) is 5. The zero-order chi connectivity index (χ0) is 21.2. The molecular weight excluding hydrogens is 462 g/mol. The van der Waals surface area contributed by atoms with Crippen LogP contribution in [0.15, 0.2) is 45.8 Å². The maximum atomic E-state index is 13.0. The fraction of sp³-hybridized carbons (Fsp3) is 0.316. The van der Waals surface area contributed by atoms with Gasteiger partial charge < -0.3 is 5.32 Å². The van der Waals surface area contributed by atoms with Crippen LogP contribution in [0.4, 0.5) is 11.4 Å². The monoisotopic (exact) mass is 481 g/mol. The van der Waals surface area contributed by atoms with Crippen molar-refractivity contribution in [3.63, 3.8) is 0 Å². The van der Waals surface area contributed by atoms with Gasteiger partial charge in [0.1, 0.15) is 0 Å². The summed E-state index contributed by atoms with van der Waals surface area (Å²) in [5.41, 5.74) is 0.769. The van der Waals surface area contributed by atoms with Gasteiger partial charge in [0.2, 0.25) is 10.0 Å². The molecule has 10 heteroatoms. The first-order chi connectivity index (χ1) is 13.7. The second kappa shape index (κ2) is 8.60. The van der Waals surface area contributed by atoms with Gasteiger partial charge in [-0.2, -0.15) is 4.31 Å². The lowest BCUT2D eigenvalue weighted by atomic mass is 10.1. The predicted molar refractivity (Wildman–Crippen MR) is 113 cm³/mol. The third kappa shape index (κ3) is 4.65. The van der Waals surface area contributed by atoms with Crippen LogP contribution in [-0.2, 0) is 10.0 Å². The number of halogens is 1. The molecule has 8 nitrogen and oxygen atoms in total. The molecule has 0 aliphatic carbocycles. The minimum absolute atomic E-state index is 0.0981. The molecule has 0 bridgehead atoms. The summed E-state index contributed by atoms with van der Waals surface area (Å²) in [6.07, 6.45) is 2.68. The van der Waals surface area contributed by atoms with Crippen LogP contribution >= 0.6 is 15.9 Å². The first-order valence-electron chi connectivity index (χ1n) is 9.06. The van der Waals surface area contributed by atoms with Gasteiger partial charge in [0, 0.05) is 30.4 Å². The van der Waals surface area contributed by atoms with Gasteiger partial charge in [0.05, 0.1) is 14.3 Å². The number of benzene rings is 2. The topological polar surface area (TPSA) is 110 Å². The number of nitrogens with one attached hydrogen (secondary N) is 1. The highest BCUT2D eigenvalue weighted by Crippen LogP contribution is 2.28. The lowest BCUT2D eigenvalue weighted by molar-refractivity contribution is -0.385. The number of piperidine rings is 1. The molecular formula is C19H20BrN3O5S. The largest absolute Gasteiger partial charge is 0.322 e. The number of nitro benzene ring substituents is 1. The molecule has 2 aromatic carbocycles. The minimum Gasteiger partial charge on any atom is -0.322 e. The third-order valence-corrected chi connectivity index (χ3v) is 7.50. The van der Waals surface area contributed by atoms with Crippen molar-refractivity contribution in [2.75, 3.05) is 18.4 Å². The van der Waals surface area contributed by atoms with Crippen LogP contribution in [0.25, 0.3) is 0 Å². The highest BCUT2D eigenvalue weighted by molar-refractivity contribution is 9.10. The Hall–Kier alpha value is -2.30. The van der Waals surface area contributed by atoms with E-state index in [1.165, 1.54) is 28.6 Å². The summed E-state index contributed by atoms with van der Waals surface area (Å²) in [4.78, 5) is 23.2. The van der Waals surface area contributed by atoms with E-state index in [1.807, 2.05) is 0 Å². The number of sulfonamides is 1. The van der Waals surface area contributed by atoms with E-state index in [4.69, 9.17) is 0 Å². The Morgan fingerprint density at radius 3 is 2.48 bits per heavy atom. The zero-order valence-electron chi connectivity index (χ0n) is 15.7. The summed E-state index contributed by atoms with van der Waals surface area (Å²) in [5, 5.41) is 13.7. The van der Waals surface area contributed by atoms with Crippen LogP contribution in [0, 0.1) is 17.0 Å². The summed E-state index contributed by atoms with van der Waals surface area (Å²) in [6.45, 7) is 2.68. The SMILES string of the molecule is Cc1ccc(NC(=O)c2ccc(Br)c([N+](=O)[O-])c2)cc1S(=O)(=O)N1CCCCC1. The first kappa shape index (κ1) is 21.4. The molecule has 0 spiro atoms. The number of aryl methyl sites for hydroxylation is 1. The highest BCUT2D eigenvalue weighted by Gasteiger charge is 2.27. The lowest BCUT2D eigenvalue weighted by Crippen LogP contribution is -2.36. The molecule has 2 aromatic rings. The van der Waals surface area contributed by atoms with Crippen LogP contribution in [0.1, 0.15) is 35.2 Å². The molecule has 3 rings (SSSR count). The van der Waals surface area contributed by atoms with Crippen LogP contribution < -0.4 is 5.32 Å². The normalized spacial score (nSPS) is 15.1. The second-order valence-electron chi connectivity index (χ2n) is 6.82. The van der Waals surface area contributed by atoms with Gasteiger partial charge in [-0.3, -0.25) is 14.9 Å². The van der Waals surface area contributed by atoms with Gasteiger partial charge in [-0.25, -0.2) is 8.42 Å². The summed E-state index contributed by atoms with van der Waals surface area (Å²) in [6, 6.07) is 8.72. The van der Waals surface area contributed by atoms with Crippen molar-refractivity contribution in [2.24, 2.45) is 0 Å². The molecule has 1 heterocycles. The van der Waals surface area contributed by atoms with Crippen LogP contribution in [-0.4, -0.2) is 36.6 Å². The van der Waals surface area contributed by atoms with Gasteiger partial charge >= 0.3 is 0 Å². The molecule has 1 fully saturated rings. The average molecular weight is 482 g/mol. The molecule has 0 unspecified atom stereocenters. The molecule has 1 aliphatic rings. The number of carbonyl (C=O) groups excluding carboxylic acids is 1. The van der Waals surface area contributed by atoms with E-state index in [0.29, 0.717) is 24.3 Å². The maximum Gasteiger partial charge on any atom is 0.284 e. The Morgan fingerprint density at radius 2 is 1.83 bits per heavy atom. The minimum atomic E-state index is -3.65. The maximum absolute atomic E-state index is 13.0. The summed E-state index contributed by atoms with van der Waals surface area (Å²) >= 11 is 3.08. The first-order valence-corrected chi connectivity index (χ1v) is 11.3. The smallest absolute Gasteiger partial charge is 0.284 e. The molecule has 0 atom stereocenters. The molecule has 29 heavy (non-hydrogen) atoms. The van der Waals surface area contributed by atoms with Gasteiger partial charge in [0.15, 0.2) is 0 Å². The van der Waals surface area contributed by atoms with Gasteiger partial charge in [-0.05, 0) is 65.5 Å². The van der Waals surface area contributed by atoms with Crippen molar-refractivity contribution in [3.05, 3.63) is 62.1 Å². The highest BCUT2D eigenvalue weighted by atomic mass is 79.9. The number of rotatable bonds is 5. The van der Waals surface area contributed by atoms with E-state index in [9.17, 15) is 23.3 Å². The Balaban J connectivity index is 1.87. The Labute approximate surface area is 177 Å². The molecule has 1 saturated heterocycles. The van der Waals surface area contributed by atoms with E-state index in [0.717, 1.165) is 19.3 Å². The van der Waals surface area contributed by atoms with E-state index >= 15 is 0 Å². The standard InChI is InChI=1S/C19H20BrN3O5S/c1-13-5-7-15(12-18(13)29(27,28)22-9-3-2-4-10-22)21-19(24)14-6-8-16(20)17(11-14)23(25)26/h5-8,11-12H,2-4,9-10H2,1H3,(H,21,24). The van der Waals surface area contributed by atoms with E-state index < -0.39 is 20.9 Å². The summed E-state index contributed by atoms with van der Waals surface area (Å²) < 4.78 is 27.8. The van der Waals surface area contributed by atoms with Crippen molar-refractivity contribution in [2.45, 2.75) is 31.1 Å². The van der Waals surface area contributed by atoms with Crippen molar-refractivity contribution in [1.82, 2.24) is 4.31 Å². The molecule has 0 radical (unpaired) electrons. The number of anilines is 1. The van der Waals surface area contributed by atoms with Crippen molar-refractivity contribution in [3.8, 4) is 0 Å². The Morgan fingerprint density at radius 1 is 1.14 bits per heavy atom. The van der Waals surface area contributed by atoms with Crippen molar-refractivity contribution >= 4 is 43.2 Å². The van der Waals surface area contributed by atoms with Crippen molar-refractivity contribution < 1.29 is 18.1 Å². The van der Waals surface area contributed by atoms with E-state index in [2.05, 4.69) is 21.2 Å². The van der Waals surface area contributed by atoms with Gasteiger partial charge in [-0.1, -0.05) is 12.5 Å². The number of hydrogen-bond donors (Lipinski definition) is 1. The van der Waals surface area contributed by atoms with Crippen molar-refractivity contribution in [1.29, 1.82) is 0 Å². The average Bonchev–Trinajstić information content (AvgIpc) is 2.70. The number of nitro groups is 1. The molecule has 1 amide bonds. The van der Waals surface area contributed by atoms with Crippen LogP contribution in [0.2, 0.25) is 0 Å². The van der Waals surface area contributed by atoms with Gasteiger partial charge in [0.25, 0.3) is 11.6 Å². The van der Waals surface area contributed by atoms with Crippen LogP contribution in [0.5, 0.6) is 0 Å². The Kier molecular flexibility index (Phi) is 6.35. The molecule has 0 aromatic heterocycles. The molecule has 0 saturated carbocycles. The summed E-state index contributed by atoms with van der Waals surface area (Å²) in [5.74, 6) is -0.564.